The van der Waals surface area contributed by atoms with Gasteiger partial charge in [0.2, 0.25) is 27.6 Å². The number of nitrogens with zero attached hydrogens (tertiary/aromatic N) is 3. The molecule has 30 heavy (non-hydrogen) atoms. The van der Waals surface area contributed by atoms with Gasteiger partial charge in [0.25, 0.3) is 0 Å². The first-order chi connectivity index (χ1) is 14.4. The van der Waals surface area contributed by atoms with Gasteiger partial charge in [-0.1, -0.05) is 35.8 Å². The molecule has 4 rings (SSSR count). The standard InChI is InChI=1S/C20H19ClN4O4S/c1-2-19(26)25-10-9-13-11-14(7-8-17(13)25)30(27,28)22-12-18-23-20(24-29-18)15-5-3-4-6-16(15)21/h3-8,11,22H,2,9-10,12H2,1H3. The van der Waals surface area contributed by atoms with E-state index in [2.05, 4.69) is 14.9 Å². The summed E-state index contributed by atoms with van der Waals surface area (Å²) < 4.78 is 33.0. The van der Waals surface area contributed by atoms with Gasteiger partial charge in [-0.25, -0.2) is 13.1 Å². The summed E-state index contributed by atoms with van der Waals surface area (Å²) in [6.45, 7) is 2.21. The fourth-order valence-electron chi connectivity index (χ4n) is 3.31. The molecule has 1 aromatic heterocycles. The number of carbonyl (C=O) groups is 1. The molecule has 0 saturated carbocycles. The molecule has 1 N–H and O–H groups in total. The average Bonchev–Trinajstić information content (AvgIpc) is 3.39. The van der Waals surface area contributed by atoms with Crippen LogP contribution < -0.4 is 9.62 Å². The maximum absolute atomic E-state index is 12.7. The molecule has 10 heteroatoms. The van der Waals surface area contributed by atoms with Crippen molar-refractivity contribution in [3.8, 4) is 11.4 Å². The van der Waals surface area contributed by atoms with Crippen molar-refractivity contribution < 1.29 is 17.7 Å². The molecule has 0 fully saturated rings. The molecule has 0 atom stereocenters. The van der Waals surface area contributed by atoms with Gasteiger partial charge in [-0.3, -0.25) is 4.79 Å². The van der Waals surface area contributed by atoms with Crippen LogP contribution in [0.1, 0.15) is 24.8 Å². The average molecular weight is 447 g/mol. The van der Waals surface area contributed by atoms with Crippen LogP contribution in [0.4, 0.5) is 5.69 Å². The number of amides is 1. The minimum absolute atomic E-state index is 0.0215. The van der Waals surface area contributed by atoms with Crippen molar-refractivity contribution in [2.45, 2.75) is 31.2 Å². The molecule has 0 bridgehead atoms. The molecule has 0 radical (unpaired) electrons. The Morgan fingerprint density at radius 2 is 2.07 bits per heavy atom. The number of rotatable bonds is 6. The maximum Gasteiger partial charge on any atom is 0.242 e. The third-order valence-corrected chi connectivity index (χ3v) is 6.59. The van der Waals surface area contributed by atoms with E-state index in [-0.39, 0.29) is 29.1 Å². The summed E-state index contributed by atoms with van der Waals surface area (Å²) in [5, 5.41) is 4.33. The largest absolute Gasteiger partial charge is 0.338 e. The van der Waals surface area contributed by atoms with Gasteiger partial charge in [-0.15, -0.1) is 0 Å². The predicted molar refractivity (Wildman–Crippen MR) is 112 cm³/mol. The van der Waals surface area contributed by atoms with E-state index in [0.717, 1.165) is 11.3 Å². The molecule has 2 heterocycles. The molecule has 0 spiro atoms. The van der Waals surface area contributed by atoms with E-state index in [1.165, 1.54) is 6.07 Å². The van der Waals surface area contributed by atoms with Crippen LogP contribution in [0.5, 0.6) is 0 Å². The van der Waals surface area contributed by atoms with Crippen molar-refractivity contribution >= 4 is 33.2 Å². The normalized spacial score (nSPS) is 13.5. The minimum Gasteiger partial charge on any atom is -0.338 e. The van der Waals surface area contributed by atoms with E-state index in [0.29, 0.717) is 30.0 Å². The van der Waals surface area contributed by atoms with Crippen molar-refractivity contribution in [1.82, 2.24) is 14.9 Å². The van der Waals surface area contributed by atoms with Crippen LogP contribution >= 0.6 is 11.6 Å². The number of carbonyl (C=O) groups excluding carboxylic acids is 1. The summed E-state index contributed by atoms with van der Waals surface area (Å²) in [4.78, 5) is 18.0. The number of fused-ring (bicyclic) bond motifs is 1. The van der Waals surface area contributed by atoms with Gasteiger partial charge in [0.1, 0.15) is 0 Å². The molecule has 0 aliphatic carbocycles. The Hall–Kier alpha value is -2.75. The van der Waals surface area contributed by atoms with Crippen molar-refractivity contribution in [1.29, 1.82) is 0 Å². The van der Waals surface area contributed by atoms with Crippen molar-refractivity contribution in [2.75, 3.05) is 11.4 Å². The van der Waals surface area contributed by atoms with Crippen molar-refractivity contribution in [2.24, 2.45) is 0 Å². The summed E-state index contributed by atoms with van der Waals surface area (Å²) in [5.74, 6) is 0.426. The van der Waals surface area contributed by atoms with Crippen LogP contribution in [0.25, 0.3) is 11.4 Å². The highest BCUT2D eigenvalue weighted by Gasteiger charge is 2.26. The Kier molecular flexibility index (Phi) is 5.59. The van der Waals surface area contributed by atoms with Gasteiger partial charge in [-0.2, -0.15) is 4.98 Å². The highest BCUT2D eigenvalue weighted by Crippen LogP contribution is 2.31. The van der Waals surface area contributed by atoms with Gasteiger partial charge in [0.15, 0.2) is 0 Å². The monoisotopic (exact) mass is 446 g/mol. The second-order valence-corrected chi connectivity index (χ2v) is 8.93. The van der Waals surface area contributed by atoms with Crippen LogP contribution in [-0.4, -0.2) is 31.0 Å². The SMILES string of the molecule is CCC(=O)N1CCc2cc(S(=O)(=O)NCc3nc(-c4ccccc4Cl)no3)ccc21. The predicted octanol–water partition coefficient (Wildman–Crippen LogP) is 3.17. The lowest BCUT2D eigenvalue weighted by Crippen LogP contribution is -2.27. The lowest BCUT2D eigenvalue weighted by molar-refractivity contribution is -0.118. The van der Waals surface area contributed by atoms with Crippen LogP contribution in [0.3, 0.4) is 0 Å². The third kappa shape index (κ3) is 3.96. The molecule has 1 amide bonds. The zero-order chi connectivity index (χ0) is 21.3. The first kappa shape index (κ1) is 20.5. The first-order valence-corrected chi connectivity index (χ1v) is 11.3. The summed E-state index contributed by atoms with van der Waals surface area (Å²) in [5.41, 5.74) is 2.20. The molecular formula is C20H19ClN4O4S. The van der Waals surface area contributed by atoms with Crippen molar-refractivity contribution in [3.05, 3.63) is 58.9 Å². The highest BCUT2D eigenvalue weighted by molar-refractivity contribution is 7.89. The molecule has 156 valence electrons. The van der Waals surface area contributed by atoms with E-state index in [9.17, 15) is 13.2 Å². The number of anilines is 1. The zero-order valence-corrected chi connectivity index (χ0v) is 17.7. The second-order valence-electron chi connectivity index (χ2n) is 6.76. The molecule has 8 nitrogen and oxygen atoms in total. The molecule has 1 aliphatic rings. The Morgan fingerprint density at radius 3 is 2.83 bits per heavy atom. The van der Waals surface area contributed by atoms with E-state index < -0.39 is 10.0 Å². The van der Waals surface area contributed by atoms with E-state index in [1.807, 2.05) is 0 Å². The molecule has 1 aliphatic heterocycles. The van der Waals surface area contributed by atoms with E-state index >= 15 is 0 Å². The third-order valence-electron chi connectivity index (χ3n) is 4.86. The van der Waals surface area contributed by atoms with Gasteiger partial charge in [-0.05, 0) is 42.3 Å². The van der Waals surface area contributed by atoms with E-state index in [4.69, 9.17) is 16.1 Å². The van der Waals surface area contributed by atoms with Crippen molar-refractivity contribution in [3.63, 3.8) is 0 Å². The number of hydrogen-bond donors (Lipinski definition) is 1. The van der Waals surface area contributed by atoms with Crippen LogP contribution in [-0.2, 0) is 27.8 Å². The summed E-state index contributed by atoms with van der Waals surface area (Å²) in [7, 11) is -3.79. The smallest absolute Gasteiger partial charge is 0.242 e. The Bertz CT molecular complexity index is 1210. The molecule has 2 aromatic carbocycles. The zero-order valence-electron chi connectivity index (χ0n) is 16.1. The van der Waals surface area contributed by atoms with Gasteiger partial charge < -0.3 is 9.42 Å². The van der Waals surface area contributed by atoms with E-state index in [1.54, 1.807) is 48.2 Å². The maximum atomic E-state index is 12.7. The number of aromatic nitrogens is 2. The lowest BCUT2D eigenvalue weighted by atomic mass is 10.2. The van der Waals surface area contributed by atoms with Crippen LogP contribution in [0.2, 0.25) is 5.02 Å². The fraction of sp³-hybridized carbons (Fsp3) is 0.250. The molecule has 0 unspecified atom stereocenters. The number of halogens is 1. The number of sulfonamides is 1. The Labute approximate surface area is 178 Å². The Morgan fingerprint density at radius 1 is 1.27 bits per heavy atom. The Balaban J connectivity index is 1.48. The lowest BCUT2D eigenvalue weighted by Gasteiger charge is -2.16. The summed E-state index contributed by atoms with van der Waals surface area (Å²) in [6.07, 6.45) is 1.02. The molecular weight excluding hydrogens is 428 g/mol. The second kappa shape index (κ2) is 8.17. The summed E-state index contributed by atoms with van der Waals surface area (Å²) >= 11 is 6.13. The molecule has 0 saturated heterocycles. The number of benzene rings is 2. The van der Waals surface area contributed by atoms with Gasteiger partial charge in [0, 0.05) is 24.2 Å². The number of hydrogen-bond acceptors (Lipinski definition) is 6. The fourth-order valence-corrected chi connectivity index (χ4v) is 4.56. The summed E-state index contributed by atoms with van der Waals surface area (Å²) in [6, 6.07) is 11.8. The topological polar surface area (TPSA) is 105 Å². The minimum atomic E-state index is -3.79. The van der Waals surface area contributed by atoms with Gasteiger partial charge >= 0.3 is 0 Å². The van der Waals surface area contributed by atoms with Gasteiger partial charge in [0.05, 0.1) is 16.5 Å². The number of nitrogens with one attached hydrogen (secondary N) is 1. The molecule has 3 aromatic rings. The van der Waals surface area contributed by atoms with Crippen LogP contribution in [0, 0.1) is 0 Å². The quantitative estimate of drug-likeness (QED) is 0.623. The highest BCUT2D eigenvalue weighted by atomic mass is 35.5. The van der Waals surface area contributed by atoms with Crippen LogP contribution in [0.15, 0.2) is 51.9 Å². The first-order valence-electron chi connectivity index (χ1n) is 9.39.